The van der Waals surface area contributed by atoms with Gasteiger partial charge in [0.1, 0.15) is 0 Å². The van der Waals surface area contributed by atoms with Gasteiger partial charge in [0.2, 0.25) is 5.91 Å². The highest BCUT2D eigenvalue weighted by Crippen LogP contribution is 2.43. The molecule has 0 aliphatic carbocycles. The van der Waals surface area contributed by atoms with E-state index in [-0.39, 0.29) is 25.7 Å². The standard InChI is InChI=1S/C34H69N2O6P/c1-3-5-7-9-11-13-15-16-18-20-22-24-26-28-34(38)36-32(31-42-43(39,40)41-30-29-35)33(37)27-25-23-21-19-17-14-12-10-8-6-4-2/h25,27,32-33,37H,3-24,26,28-31,35H2,1-2H3,(H,36,38)(H,39,40)/b27-25+. The largest absolute Gasteiger partial charge is 0.472 e. The van der Waals surface area contributed by atoms with E-state index in [1.807, 2.05) is 6.08 Å². The van der Waals surface area contributed by atoms with Gasteiger partial charge in [-0.15, -0.1) is 0 Å². The summed E-state index contributed by atoms with van der Waals surface area (Å²) in [5.74, 6) is -0.196. The Kier molecular flexibility index (Phi) is 30.7. The van der Waals surface area contributed by atoms with Crippen molar-refractivity contribution in [1.82, 2.24) is 5.32 Å². The minimum atomic E-state index is -4.32. The van der Waals surface area contributed by atoms with E-state index in [4.69, 9.17) is 14.8 Å². The topological polar surface area (TPSA) is 131 Å². The number of phosphoric ester groups is 1. The number of rotatable bonds is 33. The molecule has 0 fully saturated rings. The second-order valence-corrected chi connectivity index (χ2v) is 13.5. The van der Waals surface area contributed by atoms with Crippen molar-refractivity contribution in [2.75, 3.05) is 19.8 Å². The molecule has 3 atom stereocenters. The number of allylic oxidation sites excluding steroid dienone is 1. The summed E-state index contributed by atoms with van der Waals surface area (Å²) in [6.07, 6.45) is 31.1. The van der Waals surface area contributed by atoms with Crippen molar-refractivity contribution < 1.29 is 28.4 Å². The van der Waals surface area contributed by atoms with Crippen LogP contribution in [-0.4, -0.2) is 47.8 Å². The predicted molar refractivity (Wildman–Crippen MR) is 180 cm³/mol. The molecular weight excluding hydrogens is 563 g/mol. The molecule has 43 heavy (non-hydrogen) atoms. The van der Waals surface area contributed by atoms with Crippen molar-refractivity contribution in [2.45, 2.75) is 180 Å². The number of aliphatic hydroxyl groups is 1. The Labute approximate surface area is 265 Å². The van der Waals surface area contributed by atoms with Crippen molar-refractivity contribution in [3.63, 3.8) is 0 Å². The van der Waals surface area contributed by atoms with E-state index in [1.54, 1.807) is 6.08 Å². The van der Waals surface area contributed by atoms with Crippen molar-refractivity contribution in [1.29, 1.82) is 0 Å². The lowest BCUT2D eigenvalue weighted by Gasteiger charge is -2.23. The van der Waals surface area contributed by atoms with Gasteiger partial charge >= 0.3 is 7.82 Å². The van der Waals surface area contributed by atoms with Crippen LogP contribution in [0.5, 0.6) is 0 Å². The van der Waals surface area contributed by atoms with Gasteiger partial charge in [0, 0.05) is 13.0 Å². The lowest BCUT2D eigenvalue weighted by Crippen LogP contribution is -2.45. The van der Waals surface area contributed by atoms with Crippen molar-refractivity contribution >= 4 is 13.7 Å². The van der Waals surface area contributed by atoms with Gasteiger partial charge in [0.05, 0.1) is 25.4 Å². The first-order chi connectivity index (χ1) is 20.9. The molecular formula is C34H69N2O6P. The monoisotopic (exact) mass is 632 g/mol. The Morgan fingerprint density at radius 2 is 1.19 bits per heavy atom. The fourth-order valence-electron chi connectivity index (χ4n) is 5.13. The molecule has 0 aliphatic heterocycles. The fourth-order valence-corrected chi connectivity index (χ4v) is 5.89. The van der Waals surface area contributed by atoms with E-state index < -0.39 is 20.0 Å². The molecule has 1 amide bonds. The number of carbonyl (C=O) groups excluding carboxylic acids is 1. The van der Waals surface area contributed by atoms with Gasteiger partial charge in [0.25, 0.3) is 0 Å². The van der Waals surface area contributed by atoms with E-state index in [0.717, 1.165) is 38.5 Å². The van der Waals surface area contributed by atoms with Crippen LogP contribution in [-0.2, 0) is 18.4 Å². The second kappa shape index (κ2) is 31.2. The average molecular weight is 633 g/mol. The molecule has 5 N–H and O–H groups in total. The molecule has 3 unspecified atom stereocenters. The third-order valence-electron chi connectivity index (χ3n) is 7.86. The zero-order valence-corrected chi connectivity index (χ0v) is 28.8. The number of nitrogens with two attached hydrogens (primary N) is 1. The van der Waals surface area contributed by atoms with Gasteiger partial charge in [-0.1, -0.05) is 154 Å². The highest BCUT2D eigenvalue weighted by Gasteiger charge is 2.26. The second-order valence-electron chi connectivity index (χ2n) is 12.1. The van der Waals surface area contributed by atoms with Crippen LogP contribution in [0.2, 0.25) is 0 Å². The molecule has 256 valence electrons. The van der Waals surface area contributed by atoms with Crippen LogP contribution >= 0.6 is 7.82 Å². The maximum atomic E-state index is 12.6. The summed E-state index contributed by atoms with van der Waals surface area (Å²) in [4.78, 5) is 22.5. The number of aliphatic hydroxyl groups excluding tert-OH is 1. The maximum absolute atomic E-state index is 12.6. The lowest BCUT2D eigenvalue weighted by atomic mass is 10.0. The molecule has 0 aromatic heterocycles. The summed E-state index contributed by atoms with van der Waals surface area (Å²) in [6.45, 7) is 4.10. The quantitative estimate of drug-likeness (QED) is 0.0323. The van der Waals surface area contributed by atoms with Gasteiger partial charge in [-0.2, -0.15) is 0 Å². The summed E-state index contributed by atoms with van der Waals surface area (Å²) >= 11 is 0. The molecule has 0 radical (unpaired) electrons. The molecule has 0 aromatic carbocycles. The van der Waals surface area contributed by atoms with Crippen LogP contribution < -0.4 is 11.1 Å². The van der Waals surface area contributed by atoms with Crippen LogP contribution in [0.25, 0.3) is 0 Å². The van der Waals surface area contributed by atoms with Gasteiger partial charge in [-0.05, 0) is 19.3 Å². The molecule has 0 rings (SSSR count). The Morgan fingerprint density at radius 3 is 1.65 bits per heavy atom. The van der Waals surface area contributed by atoms with E-state index in [2.05, 4.69) is 19.2 Å². The zero-order valence-electron chi connectivity index (χ0n) is 28.0. The molecule has 0 heterocycles. The minimum absolute atomic E-state index is 0.0808. The Bertz CT molecular complexity index is 694. The van der Waals surface area contributed by atoms with Gasteiger partial charge < -0.3 is 21.1 Å². The van der Waals surface area contributed by atoms with Crippen molar-refractivity contribution in [3.05, 3.63) is 12.2 Å². The summed E-state index contributed by atoms with van der Waals surface area (Å²) in [6, 6.07) is -0.851. The first-order valence-electron chi connectivity index (χ1n) is 17.8. The third-order valence-corrected chi connectivity index (χ3v) is 8.85. The van der Waals surface area contributed by atoms with E-state index in [0.29, 0.717) is 6.42 Å². The smallest absolute Gasteiger partial charge is 0.387 e. The van der Waals surface area contributed by atoms with Gasteiger partial charge in [-0.3, -0.25) is 13.8 Å². The van der Waals surface area contributed by atoms with E-state index in [1.165, 1.54) is 109 Å². The number of nitrogens with one attached hydrogen (secondary N) is 1. The summed E-state index contributed by atoms with van der Waals surface area (Å²) in [7, 11) is -4.32. The molecule has 0 saturated heterocycles. The summed E-state index contributed by atoms with van der Waals surface area (Å²) in [5, 5.41) is 13.5. The number of carbonyl (C=O) groups is 1. The first kappa shape index (κ1) is 42.2. The fraction of sp³-hybridized carbons (Fsp3) is 0.912. The van der Waals surface area contributed by atoms with Crippen molar-refractivity contribution in [2.24, 2.45) is 5.73 Å². The molecule has 0 bridgehead atoms. The van der Waals surface area contributed by atoms with Gasteiger partial charge in [0.15, 0.2) is 0 Å². The highest BCUT2D eigenvalue weighted by molar-refractivity contribution is 7.47. The van der Waals surface area contributed by atoms with Crippen LogP contribution in [0.3, 0.4) is 0 Å². The molecule has 9 heteroatoms. The summed E-state index contributed by atoms with van der Waals surface area (Å²) in [5.41, 5.74) is 5.34. The van der Waals surface area contributed by atoms with Crippen molar-refractivity contribution in [3.8, 4) is 0 Å². The maximum Gasteiger partial charge on any atom is 0.472 e. The normalized spacial score (nSPS) is 14.6. The van der Waals surface area contributed by atoms with Crippen LogP contribution in [0.15, 0.2) is 12.2 Å². The van der Waals surface area contributed by atoms with Gasteiger partial charge in [-0.25, -0.2) is 4.57 Å². The van der Waals surface area contributed by atoms with Crippen LogP contribution in [0.4, 0.5) is 0 Å². The molecule has 0 spiro atoms. The third kappa shape index (κ3) is 29.7. The van der Waals surface area contributed by atoms with Crippen LogP contribution in [0, 0.1) is 0 Å². The average Bonchev–Trinajstić information content (AvgIpc) is 2.99. The SMILES string of the molecule is CCCCCCCCCCC/C=C/C(O)C(COP(=O)(O)OCCN)NC(=O)CCCCCCCCCCCCCCC. The zero-order chi connectivity index (χ0) is 31.9. The predicted octanol–water partition coefficient (Wildman–Crippen LogP) is 8.88. The summed E-state index contributed by atoms with van der Waals surface area (Å²) < 4.78 is 22.0. The Balaban J connectivity index is 4.34. The van der Waals surface area contributed by atoms with Crippen LogP contribution in [0.1, 0.15) is 168 Å². The molecule has 0 aromatic rings. The number of hydrogen-bond acceptors (Lipinski definition) is 6. The Hall–Kier alpha value is -0.760. The molecule has 0 saturated carbocycles. The Morgan fingerprint density at radius 1 is 0.744 bits per heavy atom. The molecule has 0 aliphatic rings. The lowest BCUT2D eigenvalue weighted by molar-refractivity contribution is -0.123. The van der Waals surface area contributed by atoms with E-state index in [9.17, 15) is 19.4 Å². The molecule has 8 nitrogen and oxygen atoms in total. The number of unbranched alkanes of at least 4 members (excludes halogenated alkanes) is 21. The van der Waals surface area contributed by atoms with E-state index >= 15 is 0 Å². The number of phosphoric acid groups is 1. The minimum Gasteiger partial charge on any atom is -0.387 e. The first-order valence-corrected chi connectivity index (χ1v) is 19.3. The number of amides is 1. The highest BCUT2D eigenvalue weighted by atomic mass is 31.2. The number of hydrogen-bond donors (Lipinski definition) is 4.